The zero-order chi connectivity index (χ0) is 21.5. The Kier molecular flexibility index (Phi) is 12.7. The number of unbranched alkanes of at least 4 members (excludes halogenated alkanes) is 9. The fourth-order valence-corrected chi connectivity index (χ4v) is 4.25. The fraction of sp³-hybridized carbons (Fsp3) is 0.667. The molecule has 1 aromatic rings. The van der Waals surface area contributed by atoms with Gasteiger partial charge in [-0.1, -0.05) is 121 Å². The Hall–Kier alpha value is -1.57. The smallest absolute Gasteiger partial charge is 0.330 e. The van der Waals surface area contributed by atoms with Crippen LogP contribution in [0.5, 0.6) is 0 Å². The molecule has 0 saturated heterocycles. The summed E-state index contributed by atoms with van der Waals surface area (Å²) in [7, 11) is 0. The fourth-order valence-electron chi connectivity index (χ4n) is 4.25. The highest BCUT2D eigenvalue weighted by atomic mass is 16.4. The molecule has 0 spiro atoms. The van der Waals surface area contributed by atoms with Gasteiger partial charge in [-0.3, -0.25) is 0 Å². The molecule has 0 aliphatic rings. The van der Waals surface area contributed by atoms with Crippen LogP contribution in [0.1, 0.15) is 104 Å². The molecular formula is C27H44O2. The first-order valence-electron chi connectivity index (χ1n) is 11.8. The second-order valence-electron chi connectivity index (χ2n) is 9.31. The molecule has 1 rings (SSSR count). The number of carboxylic acids is 1. The average Bonchev–Trinajstić information content (AvgIpc) is 2.68. The van der Waals surface area contributed by atoms with Crippen molar-refractivity contribution in [2.45, 2.75) is 105 Å². The minimum atomic E-state index is -0.810. The number of rotatable bonds is 16. The molecule has 1 unspecified atom stereocenters. The Balaban J connectivity index is 2.51. The average molecular weight is 401 g/mol. The topological polar surface area (TPSA) is 37.3 Å². The molecule has 0 aromatic heterocycles. The lowest BCUT2D eigenvalue weighted by Crippen LogP contribution is -2.25. The molecule has 0 fully saturated rings. The number of carbonyl (C=O) groups is 1. The molecule has 2 heteroatoms. The number of aliphatic carboxylic acids is 1. The van der Waals surface area contributed by atoms with Crippen molar-refractivity contribution in [2.75, 3.05) is 0 Å². The number of carboxylic acid groups (broad SMARTS) is 1. The highest BCUT2D eigenvalue weighted by Crippen LogP contribution is 2.36. The summed E-state index contributed by atoms with van der Waals surface area (Å²) in [6.07, 6.45) is 17.6. The van der Waals surface area contributed by atoms with E-state index >= 15 is 0 Å². The van der Waals surface area contributed by atoms with Crippen LogP contribution in [-0.2, 0) is 11.2 Å². The van der Waals surface area contributed by atoms with Gasteiger partial charge >= 0.3 is 5.97 Å². The van der Waals surface area contributed by atoms with E-state index in [-0.39, 0.29) is 5.41 Å². The summed E-state index contributed by atoms with van der Waals surface area (Å²) in [5.41, 5.74) is 1.67. The highest BCUT2D eigenvalue weighted by molar-refractivity contribution is 5.85. The van der Waals surface area contributed by atoms with Gasteiger partial charge in [0.25, 0.3) is 0 Å². The minimum absolute atomic E-state index is 0.127. The van der Waals surface area contributed by atoms with E-state index in [0.29, 0.717) is 11.5 Å². The van der Waals surface area contributed by atoms with Gasteiger partial charge in [0.05, 0.1) is 0 Å². The molecule has 2 nitrogen and oxygen atoms in total. The van der Waals surface area contributed by atoms with Crippen molar-refractivity contribution in [3.8, 4) is 0 Å². The van der Waals surface area contributed by atoms with Crippen molar-refractivity contribution < 1.29 is 9.90 Å². The van der Waals surface area contributed by atoms with Gasteiger partial charge in [-0.15, -0.1) is 0 Å². The Bertz CT molecular complexity index is 586. The number of benzene rings is 1. The van der Waals surface area contributed by atoms with E-state index in [1.54, 1.807) is 6.92 Å². The Labute approximate surface area is 179 Å². The summed E-state index contributed by atoms with van der Waals surface area (Å²) in [6, 6.07) is 10.6. The molecule has 0 aliphatic carbocycles. The third-order valence-corrected chi connectivity index (χ3v) is 6.21. The first-order valence-corrected chi connectivity index (χ1v) is 11.8. The van der Waals surface area contributed by atoms with Crippen LogP contribution in [0.25, 0.3) is 0 Å². The lowest BCUT2D eigenvalue weighted by molar-refractivity contribution is -0.132. The van der Waals surface area contributed by atoms with Crippen LogP contribution in [0.4, 0.5) is 0 Å². The van der Waals surface area contributed by atoms with Gasteiger partial charge in [0.15, 0.2) is 0 Å². The van der Waals surface area contributed by atoms with Crippen LogP contribution < -0.4 is 0 Å². The molecule has 1 N–H and O–H groups in total. The van der Waals surface area contributed by atoms with Crippen molar-refractivity contribution in [3.63, 3.8) is 0 Å². The quantitative estimate of drug-likeness (QED) is 0.224. The molecule has 0 saturated carbocycles. The van der Waals surface area contributed by atoms with Gasteiger partial charge in [-0.25, -0.2) is 4.79 Å². The van der Waals surface area contributed by atoms with Crippen molar-refractivity contribution in [1.29, 1.82) is 0 Å². The summed E-state index contributed by atoms with van der Waals surface area (Å²) in [5.74, 6) is -0.358. The van der Waals surface area contributed by atoms with E-state index in [1.807, 2.05) is 6.08 Å². The monoisotopic (exact) mass is 400 g/mol. The third-order valence-electron chi connectivity index (χ3n) is 6.21. The Morgan fingerprint density at radius 1 is 0.931 bits per heavy atom. The second kappa shape index (κ2) is 14.4. The predicted octanol–water partition coefficient (Wildman–Crippen LogP) is 8.21. The molecule has 1 aromatic carbocycles. The van der Waals surface area contributed by atoms with Crippen molar-refractivity contribution in [3.05, 3.63) is 47.5 Å². The SMILES string of the molecule is CCCCCCCCCCCCC(Cc1ccccc1)C(C)(C)/C=C(\C)C(=O)O. The summed E-state index contributed by atoms with van der Waals surface area (Å²) in [6.45, 7) is 8.38. The van der Waals surface area contributed by atoms with Crippen LogP contribution in [-0.4, -0.2) is 11.1 Å². The maximum atomic E-state index is 11.3. The molecule has 0 bridgehead atoms. The van der Waals surface area contributed by atoms with E-state index in [4.69, 9.17) is 0 Å². The molecular weight excluding hydrogens is 356 g/mol. The van der Waals surface area contributed by atoms with Crippen molar-refractivity contribution in [2.24, 2.45) is 11.3 Å². The van der Waals surface area contributed by atoms with E-state index in [2.05, 4.69) is 51.1 Å². The van der Waals surface area contributed by atoms with Gasteiger partial charge in [0.1, 0.15) is 0 Å². The Morgan fingerprint density at radius 3 is 1.97 bits per heavy atom. The van der Waals surface area contributed by atoms with Crippen LogP contribution >= 0.6 is 0 Å². The molecule has 0 aliphatic heterocycles. The maximum absolute atomic E-state index is 11.3. The number of allylic oxidation sites excluding steroid dienone is 1. The van der Waals surface area contributed by atoms with Crippen LogP contribution in [0.2, 0.25) is 0 Å². The molecule has 164 valence electrons. The summed E-state index contributed by atoms with van der Waals surface area (Å²) < 4.78 is 0. The molecule has 0 heterocycles. The van der Waals surface area contributed by atoms with Gasteiger partial charge < -0.3 is 5.11 Å². The van der Waals surface area contributed by atoms with Gasteiger partial charge in [-0.05, 0) is 36.7 Å². The van der Waals surface area contributed by atoms with Gasteiger partial charge in [-0.2, -0.15) is 0 Å². The van der Waals surface area contributed by atoms with Crippen molar-refractivity contribution in [1.82, 2.24) is 0 Å². The number of hydrogen-bond donors (Lipinski definition) is 1. The lowest BCUT2D eigenvalue weighted by Gasteiger charge is -2.33. The molecule has 0 amide bonds. The highest BCUT2D eigenvalue weighted by Gasteiger charge is 2.28. The zero-order valence-electron chi connectivity index (χ0n) is 19.4. The predicted molar refractivity (Wildman–Crippen MR) is 125 cm³/mol. The van der Waals surface area contributed by atoms with Gasteiger partial charge in [0.2, 0.25) is 0 Å². The molecule has 1 atom stereocenters. The first kappa shape index (κ1) is 25.5. The van der Waals surface area contributed by atoms with Crippen LogP contribution in [0.15, 0.2) is 42.0 Å². The van der Waals surface area contributed by atoms with Crippen LogP contribution in [0, 0.1) is 11.3 Å². The van der Waals surface area contributed by atoms with E-state index in [9.17, 15) is 9.90 Å². The largest absolute Gasteiger partial charge is 0.478 e. The second-order valence-corrected chi connectivity index (χ2v) is 9.31. The van der Waals surface area contributed by atoms with E-state index in [1.165, 1.54) is 69.8 Å². The third kappa shape index (κ3) is 11.3. The molecule has 0 radical (unpaired) electrons. The summed E-state index contributed by atoms with van der Waals surface area (Å²) >= 11 is 0. The lowest BCUT2D eigenvalue weighted by atomic mass is 9.72. The summed E-state index contributed by atoms with van der Waals surface area (Å²) in [5, 5.41) is 9.31. The Morgan fingerprint density at radius 2 is 1.45 bits per heavy atom. The summed E-state index contributed by atoms with van der Waals surface area (Å²) in [4.78, 5) is 11.3. The zero-order valence-corrected chi connectivity index (χ0v) is 19.4. The standard InChI is InChI=1S/C27H44O2/c1-5-6-7-8-9-10-11-12-13-17-20-25(21-24-18-15-14-16-19-24)27(3,4)22-23(2)26(28)29/h14-16,18-19,22,25H,5-13,17,20-21H2,1-4H3,(H,28,29)/b23-22+. The van der Waals surface area contributed by atoms with Crippen LogP contribution in [0.3, 0.4) is 0 Å². The van der Waals surface area contributed by atoms with Gasteiger partial charge in [0, 0.05) is 5.57 Å². The van der Waals surface area contributed by atoms with E-state index in [0.717, 1.165) is 12.8 Å². The maximum Gasteiger partial charge on any atom is 0.330 e. The van der Waals surface area contributed by atoms with Crippen molar-refractivity contribution >= 4 is 5.97 Å². The normalized spacial score (nSPS) is 13.4. The minimum Gasteiger partial charge on any atom is -0.478 e. The molecule has 29 heavy (non-hydrogen) atoms. The van der Waals surface area contributed by atoms with E-state index < -0.39 is 5.97 Å². The number of hydrogen-bond acceptors (Lipinski definition) is 1. The first-order chi connectivity index (χ1) is 13.9.